The van der Waals surface area contributed by atoms with Crippen molar-refractivity contribution in [3.63, 3.8) is 0 Å². The summed E-state index contributed by atoms with van der Waals surface area (Å²) in [6, 6.07) is 10.7. The second-order valence-electron chi connectivity index (χ2n) is 6.36. The molecule has 8 nitrogen and oxygen atoms in total. The van der Waals surface area contributed by atoms with Crippen molar-refractivity contribution in [2.24, 2.45) is 0 Å². The van der Waals surface area contributed by atoms with Crippen molar-refractivity contribution in [1.82, 2.24) is 5.32 Å². The highest BCUT2D eigenvalue weighted by atomic mass is 16.5. The van der Waals surface area contributed by atoms with Crippen molar-refractivity contribution in [1.29, 1.82) is 0 Å². The standard InChI is InChI=1S/C22H21NO7/c1-4-9-23-20(24)16-10-13-5-7-15(12-18(13)30-22(16)26)29-21(25)14-6-8-17(27-2)19(11-14)28-3/h5-8,10-12H,4,9H2,1-3H3,(H,23,24). The Hall–Kier alpha value is -3.81. The summed E-state index contributed by atoms with van der Waals surface area (Å²) in [7, 11) is 2.96. The number of carbonyl (C=O) groups excluding carboxylic acids is 2. The second-order valence-corrected chi connectivity index (χ2v) is 6.36. The minimum atomic E-state index is -0.764. The normalized spacial score (nSPS) is 10.5. The van der Waals surface area contributed by atoms with Crippen LogP contribution < -0.4 is 25.2 Å². The first-order valence-electron chi connectivity index (χ1n) is 9.27. The van der Waals surface area contributed by atoms with Gasteiger partial charge >= 0.3 is 11.6 Å². The van der Waals surface area contributed by atoms with Crippen molar-refractivity contribution < 1.29 is 28.2 Å². The highest BCUT2D eigenvalue weighted by Gasteiger charge is 2.16. The largest absolute Gasteiger partial charge is 0.493 e. The van der Waals surface area contributed by atoms with Gasteiger partial charge in [0.2, 0.25) is 0 Å². The zero-order valence-electron chi connectivity index (χ0n) is 16.8. The quantitative estimate of drug-likeness (QED) is 0.362. The van der Waals surface area contributed by atoms with Crippen molar-refractivity contribution in [2.45, 2.75) is 13.3 Å². The van der Waals surface area contributed by atoms with Crippen LogP contribution in [0.25, 0.3) is 11.0 Å². The molecule has 0 unspecified atom stereocenters. The average molecular weight is 411 g/mol. The Balaban J connectivity index is 1.84. The molecule has 1 aromatic heterocycles. The summed E-state index contributed by atoms with van der Waals surface area (Å²) < 4.78 is 21.0. The zero-order valence-corrected chi connectivity index (χ0v) is 16.8. The molecule has 1 heterocycles. The van der Waals surface area contributed by atoms with Crippen molar-refractivity contribution in [2.75, 3.05) is 20.8 Å². The van der Waals surface area contributed by atoms with Crippen molar-refractivity contribution in [3.8, 4) is 17.2 Å². The molecule has 0 saturated heterocycles. The maximum Gasteiger partial charge on any atom is 0.349 e. The first-order valence-corrected chi connectivity index (χ1v) is 9.27. The van der Waals surface area contributed by atoms with E-state index in [2.05, 4.69) is 5.32 Å². The first-order chi connectivity index (χ1) is 14.5. The third kappa shape index (κ3) is 4.43. The molecule has 0 aliphatic carbocycles. The fraction of sp³-hybridized carbons (Fsp3) is 0.227. The molecule has 0 spiro atoms. The number of carbonyl (C=O) groups is 2. The lowest BCUT2D eigenvalue weighted by molar-refractivity contribution is 0.0734. The van der Waals surface area contributed by atoms with E-state index in [1.165, 1.54) is 32.4 Å². The van der Waals surface area contributed by atoms with Crippen LogP contribution in [0.3, 0.4) is 0 Å². The first kappa shape index (κ1) is 20.9. The summed E-state index contributed by atoms with van der Waals surface area (Å²) >= 11 is 0. The molecule has 1 N–H and O–H groups in total. The second kappa shape index (κ2) is 9.13. The molecule has 3 aromatic rings. The molecule has 0 fully saturated rings. The molecule has 156 valence electrons. The van der Waals surface area contributed by atoms with Gasteiger partial charge in [0, 0.05) is 18.0 Å². The number of methoxy groups -OCH3 is 2. The third-order valence-corrected chi connectivity index (χ3v) is 4.32. The molecule has 0 bridgehead atoms. The molecule has 1 amide bonds. The number of fused-ring (bicyclic) bond motifs is 1. The summed E-state index contributed by atoms with van der Waals surface area (Å²) in [5, 5.41) is 3.17. The molecule has 3 rings (SSSR count). The summed E-state index contributed by atoms with van der Waals surface area (Å²) in [6.45, 7) is 2.37. The summed E-state index contributed by atoms with van der Waals surface area (Å²) in [5.74, 6) is -0.0380. The number of rotatable bonds is 7. The lowest BCUT2D eigenvalue weighted by Crippen LogP contribution is -2.28. The van der Waals surface area contributed by atoms with Gasteiger partial charge < -0.3 is 23.9 Å². The average Bonchev–Trinajstić information content (AvgIpc) is 2.76. The van der Waals surface area contributed by atoms with E-state index in [0.29, 0.717) is 23.4 Å². The van der Waals surface area contributed by atoms with E-state index in [0.717, 1.165) is 6.42 Å². The molecular formula is C22H21NO7. The van der Waals surface area contributed by atoms with Crippen LogP contribution in [-0.4, -0.2) is 32.6 Å². The maximum atomic E-state index is 12.5. The number of benzene rings is 2. The fourth-order valence-electron chi connectivity index (χ4n) is 2.78. The molecule has 0 saturated carbocycles. The molecule has 0 aliphatic rings. The topological polar surface area (TPSA) is 104 Å². The van der Waals surface area contributed by atoms with Crippen LogP contribution in [0.2, 0.25) is 0 Å². The summed E-state index contributed by atoms with van der Waals surface area (Å²) in [4.78, 5) is 36.7. The fourth-order valence-corrected chi connectivity index (χ4v) is 2.78. The third-order valence-electron chi connectivity index (χ3n) is 4.32. The van der Waals surface area contributed by atoms with Gasteiger partial charge in [-0.25, -0.2) is 9.59 Å². The SMILES string of the molecule is CCCNC(=O)c1cc2ccc(OC(=O)c3ccc(OC)c(OC)c3)cc2oc1=O. The number of nitrogens with one attached hydrogen (secondary N) is 1. The van der Waals surface area contributed by atoms with E-state index in [4.69, 9.17) is 18.6 Å². The Kier molecular flexibility index (Phi) is 6.36. The van der Waals surface area contributed by atoms with E-state index in [1.54, 1.807) is 24.3 Å². The Bertz CT molecular complexity index is 1150. The van der Waals surface area contributed by atoms with E-state index in [-0.39, 0.29) is 22.5 Å². The molecule has 2 aromatic carbocycles. The number of hydrogen-bond donors (Lipinski definition) is 1. The molecule has 0 atom stereocenters. The number of ether oxygens (including phenoxy) is 3. The van der Waals surface area contributed by atoms with Gasteiger partial charge in [0.15, 0.2) is 11.5 Å². The maximum absolute atomic E-state index is 12.5. The summed E-state index contributed by atoms with van der Waals surface area (Å²) in [5.41, 5.74) is -0.382. The van der Waals surface area contributed by atoms with Crippen molar-refractivity contribution >= 4 is 22.8 Å². The van der Waals surface area contributed by atoms with Crippen LogP contribution in [0.5, 0.6) is 17.2 Å². The van der Waals surface area contributed by atoms with E-state index in [1.807, 2.05) is 6.92 Å². The molecule has 30 heavy (non-hydrogen) atoms. The molecule has 8 heteroatoms. The van der Waals surface area contributed by atoms with Crippen LogP contribution in [0.1, 0.15) is 34.1 Å². The summed E-state index contributed by atoms with van der Waals surface area (Å²) in [6.07, 6.45) is 0.749. The predicted octanol–water partition coefficient (Wildman–Crippen LogP) is 3.17. The van der Waals surface area contributed by atoms with Gasteiger partial charge in [-0.15, -0.1) is 0 Å². The molecule has 0 aliphatic heterocycles. The molecular weight excluding hydrogens is 390 g/mol. The Morgan fingerprint density at radius 2 is 1.77 bits per heavy atom. The highest BCUT2D eigenvalue weighted by Crippen LogP contribution is 2.28. The minimum absolute atomic E-state index is 0.0778. The Morgan fingerprint density at radius 1 is 1.00 bits per heavy atom. The number of amides is 1. The van der Waals surface area contributed by atoms with E-state index >= 15 is 0 Å². The van der Waals surface area contributed by atoms with Gasteiger partial charge in [-0.2, -0.15) is 0 Å². The van der Waals surface area contributed by atoms with Crippen LogP contribution in [0.4, 0.5) is 0 Å². The number of hydrogen-bond acceptors (Lipinski definition) is 7. The van der Waals surface area contributed by atoms with Crippen LogP contribution in [-0.2, 0) is 0 Å². The number of esters is 1. The van der Waals surface area contributed by atoms with Gasteiger partial charge in [0.25, 0.3) is 5.91 Å². The minimum Gasteiger partial charge on any atom is -0.493 e. The van der Waals surface area contributed by atoms with Crippen molar-refractivity contribution in [3.05, 3.63) is 64.0 Å². The zero-order chi connectivity index (χ0) is 21.7. The molecule has 0 radical (unpaired) electrons. The van der Waals surface area contributed by atoms with Gasteiger partial charge in [0.1, 0.15) is 16.9 Å². The monoisotopic (exact) mass is 411 g/mol. The smallest absolute Gasteiger partial charge is 0.349 e. The van der Waals surface area contributed by atoms with Gasteiger partial charge in [0.05, 0.1) is 19.8 Å². The Morgan fingerprint density at radius 3 is 2.47 bits per heavy atom. The van der Waals surface area contributed by atoms with Gasteiger partial charge in [-0.3, -0.25) is 4.79 Å². The predicted molar refractivity (Wildman–Crippen MR) is 110 cm³/mol. The van der Waals surface area contributed by atoms with Crippen LogP contribution in [0, 0.1) is 0 Å². The van der Waals surface area contributed by atoms with Gasteiger partial charge in [-0.1, -0.05) is 6.92 Å². The van der Waals surface area contributed by atoms with E-state index < -0.39 is 17.5 Å². The Labute approximate surface area is 172 Å². The van der Waals surface area contributed by atoms with E-state index in [9.17, 15) is 14.4 Å². The highest BCUT2D eigenvalue weighted by molar-refractivity contribution is 5.97. The lowest BCUT2D eigenvalue weighted by Gasteiger charge is -2.10. The van der Waals surface area contributed by atoms with Gasteiger partial charge in [-0.05, 0) is 42.8 Å². The lowest BCUT2D eigenvalue weighted by atomic mass is 10.1. The van der Waals surface area contributed by atoms with Crippen LogP contribution >= 0.6 is 0 Å². The van der Waals surface area contributed by atoms with Crippen LogP contribution in [0.15, 0.2) is 51.7 Å².